The molecular formula is C23H30N4O2S. The number of nitrogens with zero attached hydrogens (tertiary/aromatic N) is 3. The summed E-state index contributed by atoms with van der Waals surface area (Å²) in [6.07, 6.45) is 0.510. The lowest BCUT2D eigenvalue weighted by atomic mass is 9.86. The Balaban J connectivity index is 1.53. The van der Waals surface area contributed by atoms with Crippen molar-refractivity contribution in [3.8, 4) is 0 Å². The highest BCUT2D eigenvalue weighted by Gasteiger charge is 2.46. The molecule has 2 saturated heterocycles. The van der Waals surface area contributed by atoms with Gasteiger partial charge >= 0.3 is 6.03 Å². The van der Waals surface area contributed by atoms with Gasteiger partial charge in [0, 0.05) is 73.1 Å². The molecule has 0 bridgehead atoms. The zero-order valence-electron chi connectivity index (χ0n) is 17.8. The van der Waals surface area contributed by atoms with Crippen LogP contribution in [0.15, 0.2) is 42.5 Å². The summed E-state index contributed by atoms with van der Waals surface area (Å²) in [6.45, 7) is 9.37. The lowest BCUT2D eigenvalue weighted by molar-refractivity contribution is -0.127. The molecule has 2 aliphatic heterocycles. The standard InChI is InChI=1S/C23H30N4O2S/c1-3-26-16-23(13-21(26)28)15-25(14-20-10-9-18(2)30-20)11-12-27(17-23)22(29)24-19-7-5-4-6-8-19/h4-10H,3,11-17H2,1-2H3,(H,24,29)/t23-/m0/s1. The Morgan fingerprint density at radius 2 is 1.90 bits per heavy atom. The third-order valence-corrected chi connectivity index (χ3v) is 7.03. The molecule has 1 atom stereocenters. The second kappa shape index (κ2) is 8.78. The number of carbonyl (C=O) groups excluding carboxylic acids is 2. The molecule has 1 spiro atoms. The van der Waals surface area contributed by atoms with Crippen LogP contribution >= 0.6 is 11.3 Å². The highest BCUT2D eigenvalue weighted by molar-refractivity contribution is 7.11. The Morgan fingerprint density at radius 3 is 2.57 bits per heavy atom. The number of likely N-dealkylation sites (tertiary alicyclic amines) is 1. The van der Waals surface area contributed by atoms with Gasteiger partial charge in [-0.3, -0.25) is 9.69 Å². The Kier molecular flexibility index (Phi) is 6.11. The molecule has 0 aliphatic carbocycles. The van der Waals surface area contributed by atoms with E-state index in [1.165, 1.54) is 9.75 Å². The van der Waals surface area contributed by atoms with Gasteiger partial charge < -0.3 is 15.1 Å². The van der Waals surface area contributed by atoms with Crippen molar-refractivity contribution in [2.75, 3.05) is 44.6 Å². The van der Waals surface area contributed by atoms with Gasteiger partial charge in [-0.15, -0.1) is 11.3 Å². The summed E-state index contributed by atoms with van der Waals surface area (Å²) in [5.41, 5.74) is 0.577. The molecule has 2 fully saturated rings. The fourth-order valence-electron chi connectivity index (χ4n) is 4.65. The monoisotopic (exact) mass is 426 g/mol. The summed E-state index contributed by atoms with van der Waals surface area (Å²) in [5.74, 6) is 0.203. The summed E-state index contributed by atoms with van der Waals surface area (Å²) < 4.78 is 0. The van der Waals surface area contributed by atoms with Crippen molar-refractivity contribution in [2.45, 2.75) is 26.8 Å². The van der Waals surface area contributed by atoms with Crippen LogP contribution in [0.3, 0.4) is 0 Å². The molecule has 0 saturated carbocycles. The summed E-state index contributed by atoms with van der Waals surface area (Å²) in [7, 11) is 0. The molecule has 30 heavy (non-hydrogen) atoms. The number of hydrogen-bond acceptors (Lipinski definition) is 4. The Labute approximate surface area is 182 Å². The van der Waals surface area contributed by atoms with Gasteiger partial charge in [0.2, 0.25) is 5.91 Å². The molecule has 2 aromatic rings. The van der Waals surface area contributed by atoms with Crippen molar-refractivity contribution in [2.24, 2.45) is 5.41 Å². The van der Waals surface area contributed by atoms with Gasteiger partial charge in [-0.1, -0.05) is 18.2 Å². The SMILES string of the molecule is CCN1C[C@]2(CC1=O)CN(Cc1ccc(C)s1)CCN(C(=O)Nc1ccccc1)C2. The zero-order chi connectivity index (χ0) is 21.1. The van der Waals surface area contributed by atoms with Gasteiger partial charge in [0.05, 0.1) is 0 Å². The van der Waals surface area contributed by atoms with Crippen molar-refractivity contribution in [3.63, 3.8) is 0 Å². The molecule has 1 aromatic heterocycles. The molecule has 1 N–H and O–H groups in total. The first-order valence-corrected chi connectivity index (χ1v) is 11.4. The largest absolute Gasteiger partial charge is 0.342 e. The van der Waals surface area contributed by atoms with Gasteiger partial charge in [0.15, 0.2) is 0 Å². The molecule has 3 amide bonds. The molecule has 2 aliphatic rings. The minimum absolute atomic E-state index is 0.0863. The van der Waals surface area contributed by atoms with Crippen molar-refractivity contribution in [1.29, 1.82) is 0 Å². The van der Waals surface area contributed by atoms with E-state index < -0.39 is 0 Å². The number of amides is 3. The predicted molar refractivity (Wildman–Crippen MR) is 121 cm³/mol. The molecule has 6 nitrogen and oxygen atoms in total. The topological polar surface area (TPSA) is 55.9 Å². The molecule has 0 unspecified atom stereocenters. The number of anilines is 1. The fourth-order valence-corrected chi connectivity index (χ4v) is 5.59. The van der Waals surface area contributed by atoms with Crippen molar-refractivity contribution in [3.05, 3.63) is 52.2 Å². The molecule has 4 rings (SSSR count). The number of thiophene rings is 1. The summed E-state index contributed by atoms with van der Waals surface area (Å²) in [4.78, 5) is 34.6. The Hall–Kier alpha value is -2.38. The van der Waals surface area contributed by atoms with E-state index in [-0.39, 0.29) is 17.4 Å². The van der Waals surface area contributed by atoms with Crippen LogP contribution in [0, 0.1) is 12.3 Å². The van der Waals surface area contributed by atoms with Crippen LogP contribution < -0.4 is 5.32 Å². The lowest BCUT2D eigenvalue weighted by Gasteiger charge is -2.33. The molecule has 0 radical (unpaired) electrons. The quantitative estimate of drug-likeness (QED) is 0.812. The molecule has 160 valence electrons. The smallest absolute Gasteiger partial charge is 0.321 e. The van der Waals surface area contributed by atoms with E-state index in [9.17, 15) is 9.59 Å². The number of nitrogens with one attached hydrogen (secondary N) is 1. The van der Waals surface area contributed by atoms with E-state index in [1.54, 1.807) is 0 Å². The van der Waals surface area contributed by atoms with Crippen LogP contribution in [0.1, 0.15) is 23.1 Å². The first-order valence-electron chi connectivity index (χ1n) is 10.6. The van der Waals surface area contributed by atoms with Crippen LogP contribution in [-0.2, 0) is 11.3 Å². The maximum atomic E-state index is 13.1. The highest BCUT2D eigenvalue weighted by atomic mass is 32.1. The molecular weight excluding hydrogens is 396 g/mol. The van der Waals surface area contributed by atoms with E-state index in [2.05, 4.69) is 29.3 Å². The predicted octanol–water partition coefficient (Wildman–Crippen LogP) is 3.64. The normalized spacial score (nSPS) is 22.5. The first-order chi connectivity index (χ1) is 14.5. The van der Waals surface area contributed by atoms with Crippen LogP contribution in [0.5, 0.6) is 0 Å². The average molecular weight is 427 g/mol. The fraction of sp³-hybridized carbons (Fsp3) is 0.478. The lowest BCUT2D eigenvalue weighted by Crippen LogP contribution is -2.45. The second-order valence-electron chi connectivity index (χ2n) is 8.53. The molecule has 1 aromatic carbocycles. The number of hydrogen-bond donors (Lipinski definition) is 1. The van der Waals surface area contributed by atoms with Crippen molar-refractivity contribution >= 4 is 29.0 Å². The minimum Gasteiger partial charge on any atom is -0.342 e. The molecule has 3 heterocycles. The number of carbonyl (C=O) groups is 2. The van der Waals surface area contributed by atoms with Crippen molar-refractivity contribution < 1.29 is 9.59 Å². The van der Waals surface area contributed by atoms with Crippen LogP contribution in [-0.4, -0.2) is 65.9 Å². The highest BCUT2D eigenvalue weighted by Crippen LogP contribution is 2.36. The Bertz CT molecular complexity index is 900. The molecule has 7 heteroatoms. The number of para-hydroxylation sites is 1. The van der Waals surface area contributed by atoms with Gasteiger partial charge in [-0.05, 0) is 38.1 Å². The number of aryl methyl sites for hydroxylation is 1. The van der Waals surface area contributed by atoms with Gasteiger partial charge in [-0.2, -0.15) is 0 Å². The van der Waals surface area contributed by atoms with Crippen LogP contribution in [0.4, 0.5) is 10.5 Å². The maximum absolute atomic E-state index is 13.1. The van der Waals surface area contributed by atoms with Gasteiger partial charge in [0.25, 0.3) is 0 Å². The van der Waals surface area contributed by atoms with Crippen molar-refractivity contribution in [1.82, 2.24) is 14.7 Å². The van der Waals surface area contributed by atoms with Crippen LogP contribution in [0.2, 0.25) is 0 Å². The zero-order valence-corrected chi connectivity index (χ0v) is 18.6. The Morgan fingerprint density at radius 1 is 1.10 bits per heavy atom. The van der Waals surface area contributed by atoms with E-state index in [4.69, 9.17) is 0 Å². The van der Waals surface area contributed by atoms with E-state index in [0.29, 0.717) is 19.5 Å². The van der Waals surface area contributed by atoms with Gasteiger partial charge in [0.1, 0.15) is 0 Å². The third kappa shape index (κ3) is 4.68. The average Bonchev–Trinajstić information content (AvgIpc) is 3.21. The summed E-state index contributed by atoms with van der Waals surface area (Å²) in [5, 5.41) is 3.02. The summed E-state index contributed by atoms with van der Waals surface area (Å²) >= 11 is 1.82. The van der Waals surface area contributed by atoms with E-state index >= 15 is 0 Å². The van der Waals surface area contributed by atoms with Crippen LogP contribution in [0.25, 0.3) is 0 Å². The number of urea groups is 1. The summed E-state index contributed by atoms with van der Waals surface area (Å²) in [6, 6.07) is 13.8. The van der Waals surface area contributed by atoms with E-state index in [1.807, 2.05) is 58.4 Å². The second-order valence-corrected chi connectivity index (χ2v) is 9.90. The number of benzene rings is 1. The minimum atomic E-state index is -0.218. The van der Waals surface area contributed by atoms with Gasteiger partial charge in [-0.25, -0.2) is 4.79 Å². The number of rotatable bonds is 4. The maximum Gasteiger partial charge on any atom is 0.321 e. The van der Waals surface area contributed by atoms with E-state index in [0.717, 1.165) is 38.4 Å². The first kappa shape index (κ1) is 20.9. The third-order valence-electron chi connectivity index (χ3n) is 6.05.